The summed E-state index contributed by atoms with van der Waals surface area (Å²) < 4.78 is 62.9. The summed E-state index contributed by atoms with van der Waals surface area (Å²) in [7, 11) is 5.51. The fraction of sp³-hybridized carbons (Fsp3) is 0.486. The second-order valence-corrected chi connectivity index (χ2v) is 41.3. The SMILES string of the molecule is COc1c2cc(C(C)(C)C)cc1Cc1cc(C(C)(C)C)cc(c1OCCOc1ccc(C(C)(C)C)cc1)Cc1cc(C(C)(C)C)cc(c1OC)Cc1cc(C(C)(C)C)cc(c1OCCOc1ccc(C(C)(C)C)cc1)Cc1cc(C(C)(C)C)cc(c1OC)Cc1cc(C(C)(C)C)cc(c1OCCOc1ccc(C(C)(C)C)cc1)C2. The Balaban J connectivity index is 1.27. The van der Waals surface area contributed by atoms with Crippen molar-refractivity contribution in [2.24, 2.45) is 0 Å². The summed E-state index contributed by atoms with van der Waals surface area (Å²) in [5, 5.41) is 0. The molecule has 10 rings (SSSR count). The smallest absolute Gasteiger partial charge is 0.126 e. The maximum Gasteiger partial charge on any atom is 0.126 e. The van der Waals surface area contributed by atoms with Gasteiger partial charge in [0.2, 0.25) is 0 Å². The topological polar surface area (TPSA) is 83.1 Å². The number of benzene rings is 9. The molecular weight excluding hydrogens is 1410 g/mol. The number of hydrogen-bond donors (Lipinski definition) is 0. The first-order valence-electron chi connectivity index (χ1n) is 41.7. The van der Waals surface area contributed by atoms with Crippen LogP contribution in [0.15, 0.2) is 146 Å². The summed E-state index contributed by atoms with van der Waals surface area (Å²) in [5.41, 5.74) is 22.1. The van der Waals surface area contributed by atoms with Crippen molar-refractivity contribution in [2.45, 2.75) is 274 Å². The molecule has 0 aromatic heterocycles. The molecule has 9 aromatic carbocycles. The summed E-state index contributed by atoms with van der Waals surface area (Å²) >= 11 is 0. The molecular formula is C105H138O9. The van der Waals surface area contributed by atoms with E-state index in [0.29, 0.717) is 78.2 Å². The van der Waals surface area contributed by atoms with Crippen LogP contribution in [0.25, 0.3) is 0 Å². The Bertz CT molecular complexity index is 4180. The Morgan fingerprint density at radius 3 is 0.439 bits per heavy atom. The molecule has 9 aromatic rings. The van der Waals surface area contributed by atoms with E-state index in [1.807, 2.05) is 21.3 Å². The van der Waals surface area contributed by atoms with Gasteiger partial charge in [-0.2, -0.15) is 0 Å². The van der Waals surface area contributed by atoms with Crippen LogP contribution >= 0.6 is 0 Å². The number of methoxy groups -OCH3 is 3. The fourth-order valence-corrected chi connectivity index (χ4v) is 15.3. The van der Waals surface area contributed by atoms with E-state index < -0.39 is 0 Å². The van der Waals surface area contributed by atoms with Crippen LogP contribution in [0.2, 0.25) is 0 Å². The highest BCUT2D eigenvalue weighted by Gasteiger charge is 2.32. The van der Waals surface area contributed by atoms with Gasteiger partial charge in [-0.1, -0.05) is 296 Å². The molecule has 0 radical (unpaired) electrons. The number of fused-ring (bicyclic) bond motifs is 12. The molecule has 0 unspecified atom stereocenters. The summed E-state index contributed by atoms with van der Waals surface area (Å²) in [6, 6.07) is 54.1. The van der Waals surface area contributed by atoms with Gasteiger partial charge in [-0.05, 0) is 202 Å². The minimum absolute atomic E-state index is 0.00767. The van der Waals surface area contributed by atoms with Gasteiger partial charge in [0.25, 0.3) is 0 Å². The van der Waals surface area contributed by atoms with E-state index in [2.05, 4.69) is 333 Å². The van der Waals surface area contributed by atoms with Gasteiger partial charge < -0.3 is 42.6 Å². The molecule has 1 aliphatic carbocycles. The molecule has 0 amide bonds. The highest BCUT2D eigenvalue weighted by atomic mass is 16.5. The minimum Gasteiger partial charge on any atom is -0.496 e. The van der Waals surface area contributed by atoms with Gasteiger partial charge in [-0.25, -0.2) is 0 Å². The van der Waals surface area contributed by atoms with Crippen molar-refractivity contribution in [2.75, 3.05) is 61.0 Å². The van der Waals surface area contributed by atoms with E-state index in [4.69, 9.17) is 42.6 Å². The fourth-order valence-electron chi connectivity index (χ4n) is 15.3. The molecule has 0 saturated heterocycles. The average molecular weight is 1540 g/mol. The number of hydrogen-bond acceptors (Lipinski definition) is 9. The zero-order valence-corrected chi connectivity index (χ0v) is 75.5. The lowest BCUT2D eigenvalue weighted by Crippen LogP contribution is -2.18. The Kier molecular flexibility index (Phi) is 26.2. The van der Waals surface area contributed by atoms with Crippen LogP contribution in [0.1, 0.15) is 304 Å². The Morgan fingerprint density at radius 2 is 0.307 bits per heavy atom. The van der Waals surface area contributed by atoms with E-state index in [-0.39, 0.29) is 48.7 Å². The Morgan fingerprint density at radius 1 is 0.175 bits per heavy atom. The van der Waals surface area contributed by atoms with Gasteiger partial charge in [0.15, 0.2) is 0 Å². The van der Waals surface area contributed by atoms with Crippen LogP contribution in [-0.2, 0) is 87.3 Å². The third-order valence-corrected chi connectivity index (χ3v) is 22.5. The highest BCUT2D eigenvalue weighted by Crippen LogP contribution is 2.47. The van der Waals surface area contributed by atoms with Gasteiger partial charge in [-0.3, -0.25) is 0 Å². The molecule has 0 spiro atoms. The standard InChI is InChI=1S/C105H138O9/c1-97(2,3)79-31-37-88(38-32-79)109-43-46-112-94-73-49-67-55-82(100(10,11)12)57-69(91(67)106-28)51-75-63-86(104(22,23)24)65-77(95(75)113-47-44-110-89-39-33-80(34-40-89)98(4,5)6)53-71-59-84(102(16,17)18)60-72(93(71)108-30)54-78-66-87(105(25,26)27)64-76(96(78)114-48-45-111-90-41-35-81(36-42-90)99(7,8)9)52-70-58-83(101(13,14)15)56-68(92(70)107-29)50-74(94)62-85(61-73)103(19,20)21/h31-42,55-66H,43-54H2,1-30H3. The van der Waals surface area contributed by atoms with Crippen LogP contribution in [0.5, 0.6) is 51.7 Å². The van der Waals surface area contributed by atoms with Crippen LogP contribution in [-0.4, -0.2) is 61.0 Å². The van der Waals surface area contributed by atoms with Crippen molar-refractivity contribution in [1.29, 1.82) is 0 Å². The van der Waals surface area contributed by atoms with Crippen molar-refractivity contribution >= 4 is 0 Å². The summed E-state index contributed by atoms with van der Waals surface area (Å²) in [6.45, 7) is 63.7. The van der Waals surface area contributed by atoms with Gasteiger partial charge in [0.05, 0.1) is 21.3 Å². The minimum atomic E-state index is -0.265. The second-order valence-electron chi connectivity index (χ2n) is 41.3. The number of ether oxygens (including phenoxy) is 9. The van der Waals surface area contributed by atoms with E-state index in [1.54, 1.807) is 0 Å². The monoisotopic (exact) mass is 1540 g/mol. The Labute approximate surface area is 688 Å². The van der Waals surface area contributed by atoms with Gasteiger partial charge in [0, 0.05) is 38.5 Å². The highest BCUT2D eigenvalue weighted by molar-refractivity contribution is 5.62. The Hall–Kier alpha value is -8.82. The normalized spacial score (nSPS) is 13.5. The molecule has 12 bridgehead atoms. The predicted octanol–water partition coefficient (Wildman–Crippen LogP) is 25.6. The van der Waals surface area contributed by atoms with Crippen molar-refractivity contribution in [3.63, 3.8) is 0 Å². The third kappa shape index (κ3) is 21.8. The second kappa shape index (κ2) is 34.2. The molecule has 0 aliphatic heterocycles. The largest absolute Gasteiger partial charge is 0.496 e. The van der Waals surface area contributed by atoms with Crippen LogP contribution in [0, 0.1) is 0 Å². The summed E-state index contributed by atoms with van der Waals surface area (Å²) in [4.78, 5) is 0. The number of rotatable bonds is 18. The zero-order valence-electron chi connectivity index (χ0n) is 75.5. The molecule has 0 atom stereocenters. The van der Waals surface area contributed by atoms with Crippen molar-refractivity contribution in [3.8, 4) is 51.7 Å². The van der Waals surface area contributed by atoms with Crippen molar-refractivity contribution < 1.29 is 42.6 Å². The van der Waals surface area contributed by atoms with E-state index in [1.165, 1.54) is 50.1 Å². The third-order valence-electron chi connectivity index (χ3n) is 22.5. The molecule has 114 heavy (non-hydrogen) atoms. The summed E-state index contributed by atoms with van der Waals surface area (Å²) in [6.07, 6.45) is 3.04. The van der Waals surface area contributed by atoms with Crippen LogP contribution in [0.3, 0.4) is 0 Å². The maximum absolute atomic E-state index is 7.44. The molecule has 9 heteroatoms. The van der Waals surface area contributed by atoms with E-state index in [9.17, 15) is 0 Å². The molecule has 0 saturated carbocycles. The van der Waals surface area contributed by atoms with E-state index >= 15 is 0 Å². The van der Waals surface area contributed by atoms with Crippen molar-refractivity contribution in [3.05, 3.63) is 262 Å². The molecule has 612 valence electrons. The quantitative estimate of drug-likeness (QED) is 0.0780. The molecule has 1 aliphatic rings. The van der Waals surface area contributed by atoms with Gasteiger partial charge in [0.1, 0.15) is 91.4 Å². The molecule has 9 nitrogen and oxygen atoms in total. The van der Waals surface area contributed by atoms with Crippen molar-refractivity contribution in [1.82, 2.24) is 0 Å². The first-order chi connectivity index (χ1) is 53.0. The molecule has 0 fully saturated rings. The first-order valence-corrected chi connectivity index (χ1v) is 41.7. The van der Waals surface area contributed by atoms with Crippen LogP contribution in [0.4, 0.5) is 0 Å². The van der Waals surface area contributed by atoms with Crippen LogP contribution < -0.4 is 42.6 Å². The molecule has 0 heterocycles. The molecule has 0 N–H and O–H groups in total. The predicted molar refractivity (Wildman–Crippen MR) is 476 cm³/mol. The van der Waals surface area contributed by atoms with E-state index in [0.717, 1.165) is 119 Å². The lowest BCUT2D eigenvalue weighted by molar-refractivity contribution is 0.214. The maximum atomic E-state index is 7.44. The zero-order chi connectivity index (χ0) is 83.6. The van der Waals surface area contributed by atoms with Gasteiger partial charge >= 0.3 is 0 Å². The lowest BCUT2D eigenvalue weighted by Gasteiger charge is -2.29. The average Bonchev–Trinajstić information content (AvgIpc) is 0.767. The first kappa shape index (κ1) is 87.6. The lowest BCUT2D eigenvalue weighted by atomic mass is 9.79. The van der Waals surface area contributed by atoms with Gasteiger partial charge in [-0.15, -0.1) is 0 Å². The summed E-state index contributed by atoms with van der Waals surface area (Å²) in [5.74, 6) is 7.36.